The van der Waals surface area contributed by atoms with Crippen LogP contribution >= 0.6 is 0 Å². The molecule has 1 aromatic heterocycles. The molecule has 0 unspecified atom stereocenters. The number of hydrogen-bond donors (Lipinski definition) is 2. The van der Waals surface area contributed by atoms with E-state index in [2.05, 4.69) is 15.2 Å². The normalized spacial score (nSPS) is 18.5. The molecule has 1 aliphatic heterocycles. The number of aliphatic hydroxyl groups excluding tert-OH is 1. The van der Waals surface area contributed by atoms with Crippen LogP contribution < -0.4 is 10.2 Å². The van der Waals surface area contributed by atoms with Gasteiger partial charge >= 0.3 is 0 Å². The largest absolute Gasteiger partial charge is 0.389 e. The van der Waals surface area contributed by atoms with Crippen molar-refractivity contribution >= 4 is 11.7 Å². The third-order valence-corrected chi connectivity index (χ3v) is 2.89. The average molecular weight is 235 g/mol. The number of carbonyl (C=O) groups is 1. The number of hydrogen-bond acceptors (Lipinski definition) is 4. The molecule has 2 heterocycles. The number of aliphatic hydroxyl groups is 1. The number of nitrogens with zero attached hydrogens (tertiary/aromatic N) is 2. The van der Waals surface area contributed by atoms with Crippen LogP contribution in [0.2, 0.25) is 0 Å². The number of nitrogens with one attached hydrogen (secondary N) is 1. The third-order valence-electron chi connectivity index (χ3n) is 2.89. The first-order valence-electron chi connectivity index (χ1n) is 5.82. The zero-order valence-electron chi connectivity index (χ0n) is 9.89. The van der Waals surface area contributed by atoms with Gasteiger partial charge in [-0.25, -0.2) is 4.98 Å². The lowest BCUT2D eigenvalue weighted by Crippen LogP contribution is -2.29. The second-order valence-corrected chi connectivity index (χ2v) is 4.21. The van der Waals surface area contributed by atoms with Gasteiger partial charge in [-0.05, 0) is 24.6 Å². The number of aromatic nitrogens is 1. The summed E-state index contributed by atoms with van der Waals surface area (Å²) in [6.45, 7) is 3.79. The van der Waals surface area contributed by atoms with Gasteiger partial charge in [0.15, 0.2) is 0 Å². The van der Waals surface area contributed by atoms with Gasteiger partial charge in [-0.2, -0.15) is 0 Å². The Kier molecular flexibility index (Phi) is 3.58. The molecule has 1 fully saturated rings. The molecule has 0 bridgehead atoms. The molecule has 0 aromatic carbocycles. The Hall–Kier alpha value is -1.62. The van der Waals surface area contributed by atoms with Gasteiger partial charge in [0.1, 0.15) is 5.82 Å². The fraction of sp³-hybridized carbons (Fsp3) is 0.500. The zero-order chi connectivity index (χ0) is 12.3. The predicted octanol–water partition coefficient (Wildman–Crippen LogP) is 0.461. The Balaban J connectivity index is 2.15. The standard InChI is InChI=1S/C12H17N3O2/c1-9(16)10-2-4-13-11(8-10)15-6-3-12(17)14-5-7-15/h2,4,8-9,16H,3,5-7H2,1H3,(H,14,17)/t9-/m0/s1. The second-order valence-electron chi connectivity index (χ2n) is 4.21. The molecule has 2 N–H and O–H groups in total. The molecule has 0 aliphatic carbocycles. The van der Waals surface area contributed by atoms with E-state index in [1.54, 1.807) is 19.2 Å². The molecule has 5 nitrogen and oxygen atoms in total. The van der Waals surface area contributed by atoms with Gasteiger partial charge in [-0.1, -0.05) is 0 Å². The highest BCUT2D eigenvalue weighted by Crippen LogP contribution is 2.18. The number of rotatable bonds is 2. The van der Waals surface area contributed by atoms with Crippen molar-refractivity contribution in [3.63, 3.8) is 0 Å². The van der Waals surface area contributed by atoms with Gasteiger partial charge in [0, 0.05) is 32.3 Å². The number of pyridine rings is 1. The summed E-state index contributed by atoms with van der Waals surface area (Å²) in [6, 6.07) is 3.68. The number of anilines is 1. The van der Waals surface area contributed by atoms with Crippen molar-refractivity contribution in [1.29, 1.82) is 0 Å². The summed E-state index contributed by atoms with van der Waals surface area (Å²) in [7, 11) is 0. The van der Waals surface area contributed by atoms with E-state index in [1.165, 1.54) is 0 Å². The lowest BCUT2D eigenvalue weighted by atomic mass is 10.1. The highest BCUT2D eigenvalue weighted by atomic mass is 16.3. The minimum Gasteiger partial charge on any atom is -0.389 e. The summed E-state index contributed by atoms with van der Waals surface area (Å²) in [5.41, 5.74) is 0.846. The van der Waals surface area contributed by atoms with E-state index in [0.717, 1.165) is 17.9 Å². The average Bonchev–Trinajstić information content (AvgIpc) is 2.54. The molecule has 2 rings (SSSR count). The molecule has 1 amide bonds. The molecule has 1 aliphatic rings. The molecule has 17 heavy (non-hydrogen) atoms. The summed E-state index contributed by atoms with van der Waals surface area (Å²) in [4.78, 5) is 17.6. The van der Waals surface area contributed by atoms with Gasteiger partial charge < -0.3 is 15.3 Å². The Morgan fingerprint density at radius 3 is 3.12 bits per heavy atom. The molecule has 0 radical (unpaired) electrons. The Morgan fingerprint density at radius 1 is 1.53 bits per heavy atom. The van der Waals surface area contributed by atoms with Crippen molar-refractivity contribution in [2.75, 3.05) is 24.5 Å². The topological polar surface area (TPSA) is 65.5 Å². The minimum atomic E-state index is -0.497. The highest BCUT2D eigenvalue weighted by Gasteiger charge is 2.15. The highest BCUT2D eigenvalue weighted by molar-refractivity contribution is 5.77. The maximum Gasteiger partial charge on any atom is 0.221 e. The molecule has 5 heteroatoms. The molecule has 92 valence electrons. The molecule has 1 atom stereocenters. The van der Waals surface area contributed by atoms with E-state index in [-0.39, 0.29) is 5.91 Å². The number of carbonyl (C=O) groups excluding carboxylic acids is 1. The molecular weight excluding hydrogens is 218 g/mol. The Labute approximate surface area is 100 Å². The van der Waals surface area contributed by atoms with E-state index in [0.29, 0.717) is 19.5 Å². The van der Waals surface area contributed by atoms with Gasteiger partial charge in [0.05, 0.1) is 6.10 Å². The SMILES string of the molecule is C[C@H](O)c1ccnc(N2CCNC(=O)CC2)c1. The first kappa shape index (κ1) is 11.9. The lowest BCUT2D eigenvalue weighted by Gasteiger charge is -2.21. The van der Waals surface area contributed by atoms with E-state index < -0.39 is 6.10 Å². The molecule has 1 aromatic rings. The second kappa shape index (κ2) is 5.14. The van der Waals surface area contributed by atoms with Crippen LogP contribution in [0.25, 0.3) is 0 Å². The third kappa shape index (κ3) is 2.94. The predicted molar refractivity (Wildman–Crippen MR) is 64.7 cm³/mol. The van der Waals surface area contributed by atoms with E-state index in [4.69, 9.17) is 0 Å². The lowest BCUT2D eigenvalue weighted by molar-refractivity contribution is -0.120. The van der Waals surface area contributed by atoms with Gasteiger partial charge in [-0.3, -0.25) is 4.79 Å². The van der Waals surface area contributed by atoms with Crippen molar-refractivity contribution in [2.24, 2.45) is 0 Å². The molecular formula is C12H17N3O2. The van der Waals surface area contributed by atoms with Crippen molar-refractivity contribution in [3.8, 4) is 0 Å². The minimum absolute atomic E-state index is 0.0826. The van der Waals surface area contributed by atoms with Crippen LogP contribution in [0.5, 0.6) is 0 Å². The Bertz CT molecular complexity index is 406. The van der Waals surface area contributed by atoms with Crippen LogP contribution in [0, 0.1) is 0 Å². The molecule has 0 saturated carbocycles. The van der Waals surface area contributed by atoms with Crippen LogP contribution in [-0.2, 0) is 4.79 Å². The fourth-order valence-electron chi connectivity index (χ4n) is 1.86. The van der Waals surface area contributed by atoms with Crippen LogP contribution in [0.15, 0.2) is 18.3 Å². The van der Waals surface area contributed by atoms with Crippen molar-refractivity contribution in [2.45, 2.75) is 19.4 Å². The smallest absolute Gasteiger partial charge is 0.221 e. The van der Waals surface area contributed by atoms with Crippen LogP contribution in [0.4, 0.5) is 5.82 Å². The quantitative estimate of drug-likeness (QED) is 0.781. The summed E-state index contributed by atoms with van der Waals surface area (Å²) in [5, 5.41) is 12.4. The monoisotopic (exact) mass is 235 g/mol. The zero-order valence-corrected chi connectivity index (χ0v) is 9.89. The summed E-state index contributed by atoms with van der Waals surface area (Å²) in [6.07, 6.45) is 1.68. The van der Waals surface area contributed by atoms with Gasteiger partial charge in [0.25, 0.3) is 0 Å². The van der Waals surface area contributed by atoms with E-state index >= 15 is 0 Å². The van der Waals surface area contributed by atoms with E-state index in [1.807, 2.05) is 6.07 Å². The fourth-order valence-corrected chi connectivity index (χ4v) is 1.86. The summed E-state index contributed by atoms with van der Waals surface area (Å²) >= 11 is 0. The van der Waals surface area contributed by atoms with Gasteiger partial charge in [0.2, 0.25) is 5.91 Å². The van der Waals surface area contributed by atoms with E-state index in [9.17, 15) is 9.90 Å². The summed E-state index contributed by atoms with van der Waals surface area (Å²) < 4.78 is 0. The van der Waals surface area contributed by atoms with Crippen molar-refractivity contribution in [1.82, 2.24) is 10.3 Å². The van der Waals surface area contributed by atoms with Crippen molar-refractivity contribution < 1.29 is 9.90 Å². The molecule has 1 saturated heterocycles. The first-order chi connectivity index (χ1) is 8.16. The Morgan fingerprint density at radius 2 is 2.35 bits per heavy atom. The van der Waals surface area contributed by atoms with Crippen LogP contribution in [0.3, 0.4) is 0 Å². The van der Waals surface area contributed by atoms with Crippen LogP contribution in [-0.4, -0.2) is 35.6 Å². The maximum absolute atomic E-state index is 11.2. The van der Waals surface area contributed by atoms with Crippen LogP contribution in [0.1, 0.15) is 25.0 Å². The number of amides is 1. The maximum atomic E-state index is 11.2. The van der Waals surface area contributed by atoms with Crippen molar-refractivity contribution in [3.05, 3.63) is 23.9 Å². The summed E-state index contributed by atoms with van der Waals surface area (Å²) in [5.74, 6) is 0.902. The molecule has 0 spiro atoms. The first-order valence-corrected chi connectivity index (χ1v) is 5.82. The van der Waals surface area contributed by atoms with Gasteiger partial charge in [-0.15, -0.1) is 0 Å².